The van der Waals surface area contributed by atoms with Gasteiger partial charge >= 0.3 is 0 Å². The fourth-order valence-corrected chi connectivity index (χ4v) is 2.63. The molecule has 1 aromatic carbocycles. The van der Waals surface area contributed by atoms with Gasteiger partial charge in [0.1, 0.15) is 0 Å². The maximum atomic E-state index is 10.6. The Morgan fingerprint density at radius 3 is 2.47 bits per heavy atom. The summed E-state index contributed by atoms with van der Waals surface area (Å²) in [5.74, 6) is 0. The van der Waals surface area contributed by atoms with Gasteiger partial charge in [-0.25, -0.2) is 0 Å². The van der Waals surface area contributed by atoms with Crippen LogP contribution in [0.15, 0.2) is 24.3 Å². The van der Waals surface area contributed by atoms with Crippen molar-refractivity contribution in [3.05, 3.63) is 39.9 Å². The van der Waals surface area contributed by atoms with Crippen LogP contribution in [0.1, 0.15) is 31.2 Å². The molecule has 0 aliphatic heterocycles. The predicted molar refractivity (Wildman–Crippen MR) is 71.4 cm³/mol. The lowest BCUT2D eigenvalue weighted by Crippen LogP contribution is -2.33. The average molecular weight is 259 g/mol. The number of nitro groups is 1. The fourth-order valence-electron chi connectivity index (χ4n) is 2.63. The Morgan fingerprint density at radius 2 is 1.95 bits per heavy atom. The van der Waals surface area contributed by atoms with E-state index >= 15 is 0 Å². The van der Waals surface area contributed by atoms with Gasteiger partial charge in [-0.1, -0.05) is 25.0 Å². The monoisotopic (exact) mass is 259 g/mol. The number of benzene rings is 1. The maximum absolute atomic E-state index is 10.6. The SMILES string of the molecule is N#CCN(Cc1ccc([N+](=O)[O-])cc1)C1CCCC1. The molecule has 0 saturated heterocycles. The van der Waals surface area contributed by atoms with E-state index in [1.54, 1.807) is 12.1 Å². The summed E-state index contributed by atoms with van der Waals surface area (Å²) in [4.78, 5) is 12.4. The van der Waals surface area contributed by atoms with Crippen LogP contribution in [0.5, 0.6) is 0 Å². The van der Waals surface area contributed by atoms with Crippen LogP contribution in [0.3, 0.4) is 0 Å². The molecule has 1 aromatic rings. The summed E-state index contributed by atoms with van der Waals surface area (Å²) in [6, 6.07) is 9.29. The largest absolute Gasteiger partial charge is 0.283 e. The smallest absolute Gasteiger partial charge is 0.269 e. The number of nitrogens with zero attached hydrogens (tertiary/aromatic N) is 3. The molecule has 19 heavy (non-hydrogen) atoms. The number of nitriles is 1. The molecule has 0 aromatic heterocycles. The van der Waals surface area contributed by atoms with Gasteiger partial charge in [0, 0.05) is 24.7 Å². The zero-order chi connectivity index (χ0) is 13.7. The Kier molecular flexibility index (Phi) is 4.48. The van der Waals surface area contributed by atoms with Gasteiger partial charge in [0.25, 0.3) is 5.69 Å². The van der Waals surface area contributed by atoms with Crippen molar-refractivity contribution in [1.82, 2.24) is 4.90 Å². The lowest BCUT2D eigenvalue weighted by atomic mass is 10.1. The Hall–Kier alpha value is -1.93. The Labute approximate surface area is 112 Å². The van der Waals surface area contributed by atoms with Crippen LogP contribution in [0.25, 0.3) is 0 Å². The van der Waals surface area contributed by atoms with Gasteiger partial charge in [0.15, 0.2) is 0 Å². The number of rotatable bonds is 5. The van der Waals surface area contributed by atoms with Gasteiger partial charge in [-0.3, -0.25) is 15.0 Å². The second-order valence-corrected chi connectivity index (χ2v) is 4.92. The molecule has 5 nitrogen and oxygen atoms in total. The van der Waals surface area contributed by atoms with Gasteiger partial charge in [-0.2, -0.15) is 5.26 Å². The van der Waals surface area contributed by atoms with E-state index in [0.29, 0.717) is 19.1 Å². The summed E-state index contributed by atoms with van der Waals surface area (Å²) >= 11 is 0. The van der Waals surface area contributed by atoms with E-state index in [2.05, 4.69) is 11.0 Å². The number of nitro benzene ring substituents is 1. The minimum absolute atomic E-state index is 0.108. The highest BCUT2D eigenvalue weighted by molar-refractivity contribution is 5.32. The summed E-state index contributed by atoms with van der Waals surface area (Å²) in [6.45, 7) is 1.11. The van der Waals surface area contributed by atoms with E-state index < -0.39 is 4.92 Å². The normalized spacial score (nSPS) is 15.6. The second kappa shape index (κ2) is 6.30. The van der Waals surface area contributed by atoms with Crippen molar-refractivity contribution in [3.63, 3.8) is 0 Å². The number of hydrogen-bond donors (Lipinski definition) is 0. The molecule has 1 aliphatic carbocycles. The van der Waals surface area contributed by atoms with E-state index in [9.17, 15) is 10.1 Å². The molecule has 0 amide bonds. The van der Waals surface area contributed by atoms with Crippen molar-refractivity contribution in [2.24, 2.45) is 0 Å². The third-order valence-electron chi connectivity index (χ3n) is 3.65. The second-order valence-electron chi connectivity index (χ2n) is 4.92. The van der Waals surface area contributed by atoms with Gasteiger partial charge in [0.05, 0.1) is 17.5 Å². The van der Waals surface area contributed by atoms with E-state index in [1.807, 2.05) is 0 Å². The molecule has 100 valence electrons. The van der Waals surface area contributed by atoms with Crippen molar-refractivity contribution in [1.29, 1.82) is 5.26 Å². The quantitative estimate of drug-likeness (QED) is 0.463. The zero-order valence-electron chi connectivity index (χ0n) is 10.8. The first kappa shape index (κ1) is 13.5. The highest BCUT2D eigenvalue weighted by Crippen LogP contribution is 2.25. The molecule has 0 atom stereocenters. The summed E-state index contributed by atoms with van der Waals surface area (Å²) in [7, 11) is 0. The first-order valence-corrected chi connectivity index (χ1v) is 6.55. The van der Waals surface area contributed by atoms with Crippen LogP contribution in [0.2, 0.25) is 0 Å². The number of hydrogen-bond acceptors (Lipinski definition) is 4. The van der Waals surface area contributed by atoms with Crippen LogP contribution in [-0.2, 0) is 6.54 Å². The Bertz CT molecular complexity index is 472. The summed E-state index contributed by atoms with van der Waals surface area (Å²) in [6.07, 6.45) is 4.75. The molecule has 1 fully saturated rings. The van der Waals surface area contributed by atoms with Crippen LogP contribution in [0.4, 0.5) is 5.69 Å². The van der Waals surface area contributed by atoms with Gasteiger partial charge < -0.3 is 0 Å². The molecule has 0 N–H and O–H groups in total. The molecule has 0 spiro atoms. The molecule has 0 bridgehead atoms. The fraction of sp³-hybridized carbons (Fsp3) is 0.500. The van der Waals surface area contributed by atoms with Crippen LogP contribution in [0, 0.1) is 21.4 Å². The van der Waals surface area contributed by atoms with Gasteiger partial charge in [-0.15, -0.1) is 0 Å². The van der Waals surface area contributed by atoms with Gasteiger partial charge in [-0.05, 0) is 18.4 Å². The minimum atomic E-state index is -0.395. The third kappa shape index (κ3) is 3.52. The van der Waals surface area contributed by atoms with E-state index in [0.717, 1.165) is 18.4 Å². The molecular weight excluding hydrogens is 242 g/mol. The zero-order valence-corrected chi connectivity index (χ0v) is 10.8. The average Bonchev–Trinajstić information content (AvgIpc) is 2.92. The molecule has 1 aliphatic rings. The summed E-state index contributed by atoms with van der Waals surface area (Å²) in [5, 5.41) is 19.5. The number of non-ortho nitro benzene ring substituents is 1. The molecule has 0 radical (unpaired) electrons. The van der Waals surface area contributed by atoms with E-state index in [1.165, 1.54) is 25.0 Å². The first-order chi connectivity index (χ1) is 9.20. The predicted octanol–water partition coefficient (Wildman–Crippen LogP) is 2.86. The Balaban J connectivity index is 2.04. The van der Waals surface area contributed by atoms with Crippen LogP contribution in [-0.4, -0.2) is 22.4 Å². The third-order valence-corrected chi connectivity index (χ3v) is 3.65. The van der Waals surface area contributed by atoms with Crippen molar-refractivity contribution >= 4 is 5.69 Å². The Morgan fingerprint density at radius 1 is 1.32 bits per heavy atom. The summed E-state index contributed by atoms with van der Waals surface area (Å²) < 4.78 is 0. The minimum Gasteiger partial charge on any atom is -0.283 e. The molecule has 5 heteroatoms. The highest BCUT2D eigenvalue weighted by Gasteiger charge is 2.22. The summed E-state index contributed by atoms with van der Waals surface area (Å²) in [5.41, 5.74) is 1.13. The lowest BCUT2D eigenvalue weighted by molar-refractivity contribution is -0.384. The van der Waals surface area contributed by atoms with E-state index in [-0.39, 0.29) is 5.69 Å². The topological polar surface area (TPSA) is 70.2 Å². The van der Waals surface area contributed by atoms with Crippen molar-refractivity contribution in [2.45, 2.75) is 38.3 Å². The van der Waals surface area contributed by atoms with E-state index in [4.69, 9.17) is 5.26 Å². The van der Waals surface area contributed by atoms with Crippen molar-refractivity contribution in [2.75, 3.05) is 6.54 Å². The highest BCUT2D eigenvalue weighted by atomic mass is 16.6. The maximum Gasteiger partial charge on any atom is 0.269 e. The standard InChI is InChI=1S/C14H17N3O2/c15-9-10-16(13-3-1-2-4-13)11-12-5-7-14(8-6-12)17(18)19/h5-8,13H,1-4,10-11H2. The molecule has 1 saturated carbocycles. The van der Waals surface area contributed by atoms with Gasteiger partial charge in [0.2, 0.25) is 0 Å². The molecule has 2 rings (SSSR count). The van der Waals surface area contributed by atoms with Crippen LogP contribution < -0.4 is 0 Å². The molecule has 0 unspecified atom stereocenters. The molecular formula is C14H17N3O2. The van der Waals surface area contributed by atoms with Crippen LogP contribution >= 0.6 is 0 Å². The van der Waals surface area contributed by atoms with Crippen molar-refractivity contribution in [3.8, 4) is 6.07 Å². The first-order valence-electron chi connectivity index (χ1n) is 6.55. The lowest BCUT2D eigenvalue weighted by Gasteiger charge is -2.26. The van der Waals surface area contributed by atoms with Crippen molar-refractivity contribution < 1.29 is 4.92 Å². The molecule has 0 heterocycles.